The van der Waals surface area contributed by atoms with E-state index in [0.29, 0.717) is 28.0 Å². The van der Waals surface area contributed by atoms with Crippen LogP contribution in [0.2, 0.25) is 0 Å². The van der Waals surface area contributed by atoms with Crippen molar-refractivity contribution in [2.45, 2.75) is 38.1 Å². The summed E-state index contributed by atoms with van der Waals surface area (Å²) in [6.45, 7) is 7.39. The van der Waals surface area contributed by atoms with E-state index in [1.807, 2.05) is 40.8 Å². The number of amides is 1. The standard InChI is InChI=1S/C21H24N4O3S/c1-13(29-20-24-23-18(25(20)5)16-7-6-12-28-16)17(26)14-8-10-15(11-9-14)22-19(27)21(2,3)4/h6-13H,1-5H3,(H,22,27)/t13-/m0/s1. The second-order valence-corrected chi connectivity index (χ2v) is 9.06. The van der Waals surface area contributed by atoms with Gasteiger partial charge in [0, 0.05) is 23.7 Å². The molecule has 1 aromatic carbocycles. The van der Waals surface area contributed by atoms with Gasteiger partial charge in [-0.15, -0.1) is 10.2 Å². The van der Waals surface area contributed by atoms with Gasteiger partial charge in [-0.25, -0.2) is 0 Å². The zero-order valence-corrected chi connectivity index (χ0v) is 17.9. The van der Waals surface area contributed by atoms with Crippen molar-refractivity contribution in [1.82, 2.24) is 14.8 Å². The summed E-state index contributed by atoms with van der Waals surface area (Å²) >= 11 is 1.34. The van der Waals surface area contributed by atoms with Gasteiger partial charge in [-0.3, -0.25) is 9.59 Å². The molecule has 8 heteroatoms. The quantitative estimate of drug-likeness (QED) is 0.476. The van der Waals surface area contributed by atoms with Crippen molar-refractivity contribution >= 4 is 29.1 Å². The van der Waals surface area contributed by atoms with Crippen LogP contribution in [-0.4, -0.2) is 31.7 Å². The molecule has 152 valence electrons. The van der Waals surface area contributed by atoms with Crippen LogP contribution >= 0.6 is 11.8 Å². The van der Waals surface area contributed by atoms with Crippen molar-refractivity contribution in [3.05, 3.63) is 48.2 Å². The lowest BCUT2D eigenvalue weighted by Crippen LogP contribution is -2.27. The maximum Gasteiger partial charge on any atom is 0.229 e. The van der Waals surface area contributed by atoms with E-state index in [-0.39, 0.29) is 16.9 Å². The topological polar surface area (TPSA) is 90.0 Å². The Balaban J connectivity index is 1.67. The van der Waals surface area contributed by atoms with Gasteiger partial charge in [0.2, 0.25) is 5.91 Å². The third-order valence-electron chi connectivity index (χ3n) is 4.34. The first-order chi connectivity index (χ1) is 13.7. The Morgan fingerprint density at radius 1 is 1.14 bits per heavy atom. The Morgan fingerprint density at radius 2 is 1.83 bits per heavy atom. The van der Waals surface area contributed by atoms with E-state index in [2.05, 4.69) is 15.5 Å². The minimum Gasteiger partial charge on any atom is -0.461 e. The van der Waals surface area contributed by atoms with Gasteiger partial charge >= 0.3 is 0 Å². The zero-order valence-electron chi connectivity index (χ0n) is 17.1. The largest absolute Gasteiger partial charge is 0.461 e. The van der Waals surface area contributed by atoms with Crippen LogP contribution in [0.1, 0.15) is 38.1 Å². The Bertz CT molecular complexity index is 1000. The molecule has 2 aromatic heterocycles. The lowest BCUT2D eigenvalue weighted by Gasteiger charge is -2.17. The van der Waals surface area contributed by atoms with Crippen LogP contribution in [0, 0.1) is 5.41 Å². The molecule has 1 atom stereocenters. The predicted octanol–water partition coefficient (Wildman–Crippen LogP) is 4.42. The second kappa shape index (κ2) is 8.24. The number of anilines is 1. The van der Waals surface area contributed by atoms with Gasteiger partial charge in [-0.05, 0) is 43.3 Å². The number of nitrogens with one attached hydrogen (secondary N) is 1. The van der Waals surface area contributed by atoms with Gasteiger partial charge in [0.05, 0.1) is 11.5 Å². The maximum absolute atomic E-state index is 12.8. The SMILES string of the molecule is C[C@H](Sc1nnc(-c2ccco2)n1C)C(=O)c1ccc(NC(=O)C(C)(C)C)cc1. The summed E-state index contributed by atoms with van der Waals surface area (Å²) in [6, 6.07) is 10.5. The molecule has 2 heterocycles. The van der Waals surface area contributed by atoms with E-state index in [1.165, 1.54) is 11.8 Å². The number of nitrogens with zero attached hydrogens (tertiary/aromatic N) is 3. The molecule has 3 aromatic rings. The van der Waals surface area contributed by atoms with E-state index in [9.17, 15) is 9.59 Å². The van der Waals surface area contributed by atoms with E-state index in [4.69, 9.17) is 4.42 Å². The highest BCUT2D eigenvalue weighted by Gasteiger charge is 2.23. The minimum absolute atomic E-state index is 0.0220. The maximum atomic E-state index is 12.8. The normalized spacial score (nSPS) is 12.6. The fourth-order valence-corrected chi connectivity index (χ4v) is 3.41. The first-order valence-corrected chi connectivity index (χ1v) is 10.1. The fraction of sp³-hybridized carbons (Fsp3) is 0.333. The smallest absolute Gasteiger partial charge is 0.229 e. The molecule has 0 aliphatic carbocycles. The van der Waals surface area contributed by atoms with Crippen LogP contribution < -0.4 is 5.32 Å². The average Bonchev–Trinajstić information content (AvgIpc) is 3.31. The third kappa shape index (κ3) is 4.76. The molecular weight excluding hydrogens is 388 g/mol. The summed E-state index contributed by atoms with van der Waals surface area (Å²) in [5, 5.41) is 11.5. The molecule has 0 saturated heterocycles. The van der Waals surface area contributed by atoms with E-state index in [1.54, 1.807) is 41.2 Å². The highest BCUT2D eigenvalue weighted by atomic mass is 32.2. The van der Waals surface area contributed by atoms with Gasteiger partial charge in [0.25, 0.3) is 0 Å². The predicted molar refractivity (Wildman–Crippen MR) is 113 cm³/mol. The van der Waals surface area contributed by atoms with E-state index < -0.39 is 5.41 Å². The second-order valence-electron chi connectivity index (χ2n) is 7.75. The number of rotatable bonds is 6. The molecule has 0 unspecified atom stereocenters. The van der Waals surface area contributed by atoms with Crippen molar-refractivity contribution in [2.24, 2.45) is 12.5 Å². The molecule has 0 aliphatic heterocycles. The van der Waals surface area contributed by atoms with E-state index in [0.717, 1.165) is 0 Å². The van der Waals surface area contributed by atoms with E-state index >= 15 is 0 Å². The third-order valence-corrected chi connectivity index (χ3v) is 5.47. The van der Waals surface area contributed by atoms with Crippen molar-refractivity contribution in [1.29, 1.82) is 0 Å². The molecule has 1 amide bonds. The molecule has 29 heavy (non-hydrogen) atoms. The fourth-order valence-electron chi connectivity index (χ4n) is 2.52. The summed E-state index contributed by atoms with van der Waals surface area (Å²) in [6.07, 6.45) is 1.58. The highest BCUT2D eigenvalue weighted by molar-refractivity contribution is 8.00. The lowest BCUT2D eigenvalue weighted by molar-refractivity contribution is -0.123. The molecule has 0 spiro atoms. The Labute approximate surface area is 173 Å². The molecule has 7 nitrogen and oxygen atoms in total. The molecule has 0 aliphatic rings. The Hall–Kier alpha value is -2.87. The summed E-state index contributed by atoms with van der Waals surface area (Å²) in [5.41, 5.74) is 0.759. The lowest BCUT2D eigenvalue weighted by atomic mass is 9.95. The average molecular weight is 413 g/mol. The molecule has 0 radical (unpaired) electrons. The number of carbonyl (C=O) groups is 2. The Morgan fingerprint density at radius 3 is 2.41 bits per heavy atom. The molecular formula is C21H24N4O3S. The first kappa shape index (κ1) is 20.9. The van der Waals surface area contributed by atoms with Gasteiger partial charge in [0.15, 0.2) is 22.5 Å². The number of thioether (sulfide) groups is 1. The summed E-state index contributed by atoms with van der Waals surface area (Å²) in [7, 11) is 1.84. The van der Waals surface area contributed by atoms with Crippen LogP contribution in [0.5, 0.6) is 0 Å². The van der Waals surface area contributed by atoms with Crippen LogP contribution in [0.15, 0.2) is 52.2 Å². The molecule has 0 bridgehead atoms. The van der Waals surface area contributed by atoms with Crippen LogP contribution in [0.4, 0.5) is 5.69 Å². The summed E-state index contributed by atoms with van der Waals surface area (Å²) in [5.74, 6) is 1.14. The summed E-state index contributed by atoms with van der Waals surface area (Å²) in [4.78, 5) is 24.9. The van der Waals surface area contributed by atoms with Gasteiger partial charge < -0.3 is 14.3 Å². The van der Waals surface area contributed by atoms with Crippen molar-refractivity contribution < 1.29 is 14.0 Å². The number of hydrogen-bond donors (Lipinski definition) is 1. The number of carbonyl (C=O) groups excluding carboxylic acids is 2. The van der Waals surface area contributed by atoms with Crippen molar-refractivity contribution in [2.75, 3.05) is 5.32 Å². The number of Topliss-reactive ketones (excluding diaryl/α,β-unsaturated/α-hetero) is 1. The monoisotopic (exact) mass is 412 g/mol. The van der Waals surface area contributed by atoms with Crippen LogP contribution in [-0.2, 0) is 11.8 Å². The molecule has 0 saturated carbocycles. The molecule has 3 rings (SSSR count). The Kier molecular flexibility index (Phi) is 5.93. The number of hydrogen-bond acceptors (Lipinski definition) is 6. The number of ketones is 1. The highest BCUT2D eigenvalue weighted by Crippen LogP contribution is 2.28. The molecule has 1 N–H and O–H groups in total. The number of benzene rings is 1. The number of aromatic nitrogens is 3. The van der Waals surface area contributed by atoms with Gasteiger partial charge in [-0.2, -0.15) is 0 Å². The first-order valence-electron chi connectivity index (χ1n) is 9.22. The van der Waals surface area contributed by atoms with Crippen molar-refractivity contribution in [3.8, 4) is 11.6 Å². The van der Waals surface area contributed by atoms with Crippen molar-refractivity contribution in [3.63, 3.8) is 0 Å². The van der Waals surface area contributed by atoms with Crippen LogP contribution in [0.3, 0.4) is 0 Å². The summed E-state index contributed by atoms with van der Waals surface area (Å²) < 4.78 is 7.17. The zero-order chi connectivity index (χ0) is 21.2. The van der Waals surface area contributed by atoms with Gasteiger partial charge in [-0.1, -0.05) is 32.5 Å². The van der Waals surface area contributed by atoms with Gasteiger partial charge in [0.1, 0.15) is 0 Å². The van der Waals surface area contributed by atoms with Crippen LogP contribution in [0.25, 0.3) is 11.6 Å². The minimum atomic E-state index is -0.482. The molecule has 0 fully saturated rings. The number of furan rings is 1.